The SMILES string of the molecule is Nc1c(N)n(Cc2ccncc2)c(=O)[nH]c1=O. The van der Waals surface area contributed by atoms with Crippen molar-refractivity contribution in [3.63, 3.8) is 0 Å². The molecule has 2 aromatic rings. The van der Waals surface area contributed by atoms with E-state index >= 15 is 0 Å². The second-order valence-corrected chi connectivity index (χ2v) is 3.50. The average Bonchev–Trinajstić information content (AvgIpc) is 2.33. The van der Waals surface area contributed by atoms with E-state index in [1.165, 1.54) is 4.57 Å². The fourth-order valence-corrected chi connectivity index (χ4v) is 1.43. The van der Waals surface area contributed by atoms with Gasteiger partial charge in [-0.1, -0.05) is 0 Å². The molecular formula is C10H11N5O2. The van der Waals surface area contributed by atoms with Crippen molar-refractivity contribution < 1.29 is 0 Å². The summed E-state index contributed by atoms with van der Waals surface area (Å²) in [5, 5.41) is 0. The number of hydrogen-bond acceptors (Lipinski definition) is 5. The molecule has 17 heavy (non-hydrogen) atoms. The van der Waals surface area contributed by atoms with Crippen LogP contribution in [0, 0.1) is 0 Å². The third kappa shape index (κ3) is 2.03. The molecule has 0 fully saturated rings. The lowest BCUT2D eigenvalue weighted by atomic mass is 10.2. The van der Waals surface area contributed by atoms with Crippen molar-refractivity contribution in [1.82, 2.24) is 14.5 Å². The third-order valence-corrected chi connectivity index (χ3v) is 2.37. The van der Waals surface area contributed by atoms with E-state index in [2.05, 4.69) is 9.97 Å². The number of nitrogen functional groups attached to an aromatic ring is 2. The summed E-state index contributed by atoms with van der Waals surface area (Å²) >= 11 is 0. The van der Waals surface area contributed by atoms with Crippen molar-refractivity contribution in [2.75, 3.05) is 11.5 Å². The maximum atomic E-state index is 11.6. The molecule has 88 valence electrons. The minimum absolute atomic E-state index is 0.0319. The largest absolute Gasteiger partial charge is 0.391 e. The van der Waals surface area contributed by atoms with Gasteiger partial charge in [-0.15, -0.1) is 0 Å². The van der Waals surface area contributed by atoms with Gasteiger partial charge in [-0.25, -0.2) is 4.79 Å². The van der Waals surface area contributed by atoms with Crippen molar-refractivity contribution >= 4 is 11.5 Å². The predicted molar refractivity (Wildman–Crippen MR) is 63.5 cm³/mol. The first kappa shape index (κ1) is 10.9. The standard InChI is InChI=1S/C10H11N5O2/c11-7-8(12)15(10(17)14-9(7)16)5-6-1-3-13-4-2-6/h1-4H,5,11-12H2,(H,14,16,17). The molecule has 0 amide bonds. The highest BCUT2D eigenvalue weighted by Crippen LogP contribution is 2.07. The van der Waals surface area contributed by atoms with Gasteiger partial charge in [0.2, 0.25) is 0 Å². The van der Waals surface area contributed by atoms with Gasteiger partial charge in [-0.3, -0.25) is 19.3 Å². The van der Waals surface area contributed by atoms with Crippen molar-refractivity contribution in [2.24, 2.45) is 0 Å². The Balaban J connectivity index is 2.51. The molecule has 0 saturated carbocycles. The molecule has 0 aliphatic rings. The van der Waals surface area contributed by atoms with Gasteiger partial charge >= 0.3 is 5.69 Å². The predicted octanol–water partition coefficient (Wildman–Crippen LogP) is -0.856. The van der Waals surface area contributed by atoms with Crippen LogP contribution < -0.4 is 22.7 Å². The van der Waals surface area contributed by atoms with E-state index in [0.717, 1.165) is 5.56 Å². The smallest absolute Gasteiger partial charge is 0.330 e. The molecule has 2 rings (SSSR count). The number of H-pyrrole nitrogens is 1. The van der Waals surface area contributed by atoms with Crippen LogP contribution in [0.3, 0.4) is 0 Å². The zero-order valence-electron chi connectivity index (χ0n) is 8.88. The Morgan fingerprint density at radius 1 is 1.24 bits per heavy atom. The number of pyridine rings is 1. The number of aromatic nitrogens is 3. The minimum Gasteiger partial charge on any atom is -0.391 e. The molecule has 0 unspecified atom stereocenters. The minimum atomic E-state index is -0.668. The summed E-state index contributed by atoms with van der Waals surface area (Å²) in [6.45, 7) is 0.230. The van der Waals surface area contributed by atoms with Crippen LogP contribution in [0.5, 0.6) is 0 Å². The number of nitrogens with one attached hydrogen (secondary N) is 1. The van der Waals surface area contributed by atoms with Crippen LogP contribution in [-0.2, 0) is 6.54 Å². The van der Waals surface area contributed by atoms with Crippen LogP contribution >= 0.6 is 0 Å². The molecule has 2 aromatic heterocycles. The molecule has 5 N–H and O–H groups in total. The quantitative estimate of drug-likeness (QED) is 0.623. The van der Waals surface area contributed by atoms with E-state index in [-0.39, 0.29) is 18.1 Å². The number of aromatic amines is 1. The number of nitrogens with zero attached hydrogens (tertiary/aromatic N) is 2. The molecule has 7 nitrogen and oxygen atoms in total. The molecule has 0 atom stereocenters. The fraction of sp³-hybridized carbons (Fsp3) is 0.100. The number of hydrogen-bond donors (Lipinski definition) is 3. The lowest BCUT2D eigenvalue weighted by Gasteiger charge is -2.09. The molecule has 2 heterocycles. The normalized spacial score (nSPS) is 10.4. The topological polar surface area (TPSA) is 120 Å². The summed E-state index contributed by atoms with van der Waals surface area (Å²) in [4.78, 5) is 28.7. The van der Waals surface area contributed by atoms with Crippen LogP contribution in [0.15, 0.2) is 34.1 Å². The van der Waals surface area contributed by atoms with Crippen LogP contribution in [0.25, 0.3) is 0 Å². The summed E-state index contributed by atoms with van der Waals surface area (Å²) in [6, 6.07) is 3.49. The molecule has 0 saturated heterocycles. The van der Waals surface area contributed by atoms with E-state index in [1.54, 1.807) is 24.5 Å². The summed E-state index contributed by atoms with van der Waals surface area (Å²) in [6.07, 6.45) is 3.21. The van der Waals surface area contributed by atoms with Gasteiger partial charge in [0.15, 0.2) is 0 Å². The Morgan fingerprint density at radius 3 is 2.53 bits per heavy atom. The van der Waals surface area contributed by atoms with Gasteiger partial charge in [0, 0.05) is 12.4 Å². The first-order valence-corrected chi connectivity index (χ1v) is 4.86. The average molecular weight is 233 g/mol. The summed E-state index contributed by atoms with van der Waals surface area (Å²) in [7, 11) is 0. The zero-order valence-corrected chi connectivity index (χ0v) is 8.88. The summed E-state index contributed by atoms with van der Waals surface area (Å²) < 4.78 is 1.20. The van der Waals surface area contributed by atoms with Gasteiger partial charge < -0.3 is 11.5 Å². The Hall–Kier alpha value is -2.57. The van der Waals surface area contributed by atoms with E-state index in [4.69, 9.17) is 11.5 Å². The Kier molecular flexibility index (Phi) is 2.65. The van der Waals surface area contributed by atoms with Crippen LogP contribution in [0.1, 0.15) is 5.56 Å². The van der Waals surface area contributed by atoms with Crippen LogP contribution in [0.4, 0.5) is 11.5 Å². The van der Waals surface area contributed by atoms with Gasteiger partial charge in [-0.05, 0) is 17.7 Å². The Morgan fingerprint density at radius 2 is 1.88 bits per heavy atom. The highest BCUT2D eigenvalue weighted by atomic mass is 16.2. The molecule has 0 aliphatic carbocycles. The van der Waals surface area contributed by atoms with Crippen LogP contribution in [-0.4, -0.2) is 14.5 Å². The van der Waals surface area contributed by atoms with E-state index in [9.17, 15) is 9.59 Å². The van der Waals surface area contributed by atoms with E-state index in [1.807, 2.05) is 0 Å². The Labute approximate surface area is 95.7 Å². The van der Waals surface area contributed by atoms with Gasteiger partial charge in [0.25, 0.3) is 5.56 Å². The van der Waals surface area contributed by atoms with Crippen molar-refractivity contribution in [3.8, 4) is 0 Å². The zero-order chi connectivity index (χ0) is 12.4. The van der Waals surface area contributed by atoms with Crippen molar-refractivity contribution in [2.45, 2.75) is 6.54 Å². The van der Waals surface area contributed by atoms with Crippen molar-refractivity contribution in [3.05, 3.63) is 50.9 Å². The Bertz CT molecular complexity index is 644. The second kappa shape index (κ2) is 4.12. The summed E-state index contributed by atoms with van der Waals surface area (Å²) in [5.41, 5.74) is 10.5. The highest BCUT2D eigenvalue weighted by Gasteiger charge is 2.09. The number of nitrogens with two attached hydrogens (primary N) is 2. The monoisotopic (exact) mass is 233 g/mol. The third-order valence-electron chi connectivity index (χ3n) is 2.37. The maximum absolute atomic E-state index is 11.6. The number of rotatable bonds is 2. The second-order valence-electron chi connectivity index (χ2n) is 3.50. The number of anilines is 2. The summed E-state index contributed by atoms with van der Waals surface area (Å²) in [5.74, 6) is -0.0319. The molecule has 0 bridgehead atoms. The van der Waals surface area contributed by atoms with Gasteiger partial charge in [-0.2, -0.15) is 0 Å². The lowest BCUT2D eigenvalue weighted by molar-refractivity contribution is 0.734. The molecule has 0 spiro atoms. The van der Waals surface area contributed by atoms with Gasteiger partial charge in [0.1, 0.15) is 11.5 Å². The molecular weight excluding hydrogens is 222 g/mol. The molecule has 0 aliphatic heterocycles. The van der Waals surface area contributed by atoms with E-state index in [0.29, 0.717) is 0 Å². The fourth-order valence-electron chi connectivity index (χ4n) is 1.43. The molecule has 7 heteroatoms. The van der Waals surface area contributed by atoms with E-state index < -0.39 is 11.2 Å². The molecule has 0 radical (unpaired) electrons. The van der Waals surface area contributed by atoms with Crippen molar-refractivity contribution in [1.29, 1.82) is 0 Å². The van der Waals surface area contributed by atoms with Gasteiger partial charge in [0.05, 0.1) is 6.54 Å². The highest BCUT2D eigenvalue weighted by molar-refractivity contribution is 5.56. The van der Waals surface area contributed by atoms with Crippen LogP contribution in [0.2, 0.25) is 0 Å². The first-order chi connectivity index (χ1) is 8.09. The molecule has 0 aromatic carbocycles. The first-order valence-electron chi connectivity index (χ1n) is 4.86. The maximum Gasteiger partial charge on any atom is 0.330 e. The lowest BCUT2D eigenvalue weighted by Crippen LogP contribution is -2.34.